The van der Waals surface area contributed by atoms with E-state index in [0.717, 1.165) is 30.4 Å². The molecule has 1 unspecified atom stereocenters. The number of hydrogen-bond donors (Lipinski definition) is 1. The molecule has 4 heteroatoms. The summed E-state index contributed by atoms with van der Waals surface area (Å²) in [6.07, 6.45) is 7.71. The molecular formula is C14H18N2O2. The molecule has 1 N–H and O–H groups in total. The molecule has 18 heavy (non-hydrogen) atoms. The van der Waals surface area contributed by atoms with E-state index >= 15 is 0 Å². The Labute approximate surface area is 107 Å². The van der Waals surface area contributed by atoms with Crippen LogP contribution in [0.2, 0.25) is 0 Å². The van der Waals surface area contributed by atoms with Crippen LogP contribution in [0.5, 0.6) is 0 Å². The molecule has 0 amide bonds. The molecular weight excluding hydrogens is 228 g/mol. The topological polar surface area (TPSA) is 55.2 Å². The molecule has 1 aliphatic carbocycles. The summed E-state index contributed by atoms with van der Waals surface area (Å²) in [7, 11) is 0. The maximum absolute atomic E-state index is 10.9. The second kappa shape index (κ2) is 5.78. The van der Waals surface area contributed by atoms with Crippen molar-refractivity contribution in [3.63, 3.8) is 0 Å². The lowest BCUT2D eigenvalue weighted by Crippen LogP contribution is -2.29. The summed E-state index contributed by atoms with van der Waals surface area (Å²) in [5, 5.41) is 14.3. The Bertz CT molecular complexity index is 469. The molecule has 4 nitrogen and oxygen atoms in total. The molecule has 0 spiro atoms. The van der Waals surface area contributed by atoms with Gasteiger partial charge in [-0.25, -0.2) is 0 Å². The lowest BCUT2D eigenvalue weighted by atomic mass is 10.0. The molecule has 0 heterocycles. The molecule has 0 radical (unpaired) electrons. The summed E-state index contributed by atoms with van der Waals surface area (Å²) in [5.74, 6) is 0. The van der Waals surface area contributed by atoms with E-state index < -0.39 is 0 Å². The van der Waals surface area contributed by atoms with Crippen LogP contribution >= 0.6 is 0 Å². The number of benzene rings is 1. The minimum Gasteiger partial charge on any atom is -0.310 e. The number of rotatable bonds is 4. The van der Waals surface area contributed by atoms with E-state index in [9.17, 15) is 10.1 Å². The first-order chi connectivity index (χ1) is 8.68. The fourth-order valence-corrected chi connectivity index (χ4v) is 2.29. The van der Waals surface area contributed by atoms with E-state index in [1.165, 1.54) is 0 Å². The van der Waals surface area contributed by atoms with Crippen molar-refractivity contribution in [2.24, 2.45) is 0 Å². The number of nitrogens with one attached hydrogen (secondary N) is 1. The lowest BCUT2D eigenvalue weighted by Gasteiger charge is -2.19. The second-order valence-corrected chi connectivity index (χ2v) is 4.68. The maximum atomic E-state index is 10.9. The van der Waals surface area contributed by atoms with Gasteiger partial charge in [-0.3, -0.25) is 10.1 Å². The average Bonchev–Trinajstić information content (AvgIpc) is 2.38. The van der Waals surface area contributed by atoms with E-state index in [1.807, 2.05) is 13.0 Å². The quantitative estimate of drug-likeness (QED) is 0.504. The molecule has 0 aliphatic heterocycles. The van der Waals surface area contributed by atoms with Crippen LogP contribution in [0.25, 0.3) is 0 Å². The molecule has 1 aromatic rings. The molecule has 2 rings (SSSR count). The first-order valence-corrected chi connectivity index (χ1v) is 6.29. The van der Waals surface area contributed by atoms with Crippen molar-refractivity contribution in [1.29, 1.82) is 0 Å². The largest absolute Gasteiger partial charge is 0.310 e. The summed E-state index contributed by atoms with van der Waals surface area (Å²) < 4.78 is 0. The Hall–Kier alpha value is -1.68. The molecule has 0 saturated carbocycles. The van der Waals surface area contributed by atoms with Crippen LogP contribution < -0.4 is 5.32 Å². The average molecular weight is 246 g/mol. The van der Waals surface area contributed by atoms with Crippen LogP contribution in [0.3, 0.4) is 0 Å². The lowest BCUT2D eigenvalue weighted by molar-refractivity contribution is -0.385. The van der Waals surface area contributed by atoms with Crippen LogP contribution in [-0.2, 0) is 6.54 Å². The summed E-state index contributed by atoms with van der Waals surface area (Å²) >= 11 is 0. The Balaban J connectivity index is 2.03. The molecule has 0 aromatic heterocycles. The Morgan fingerprint density at radius 2 is 2.28 bits per heavy atom. The zero-order valence-electron chi connectivity index (χ0n) is 10.6. The van der Waals surface area contributed by atoms with Gasteiger partial charge in [0.15, 0.2) is 0 Å². The second-order valence-electron chi connectivity index (χ2n) is 4.68. The number of allylic oxidation sites excluding steroid dienone is 1. The highest BCUT2D eigenvalue weighted by Crippen LogP contribution is 2.21. The third-order valence-corrected chi connectivity index (χ3v) is 3.46. The summed E-state index contributed by atoms with van der Waals surface area (Å²) in [6.45, 7) is 2.52. The maximum Gasteiger partial charge on any atom is 0.272 e. The first kappa shape index (κ1) is 12.8. The normalized spacial score (nSPS) is 18.8. The van der Waals surface area contributed by atoms with Crippen molar-refractivity contribution in [3.05, 3.63) is 51.6 Å². The predicted octanol–water partition coefficient (Wildman–Crippen LogP) is 3.10. The number of nitro groups is 1. The highest BCUT2D eigenvalue weighted by molar-refractivity contribution is 5.44. The van der Waals surface area contributed by atoms with E-state index in [4.69, 9.17) is 0 Å². The monoisotopic (exact) mass is 246 g/mol. The summed E-state index contributed by atoms with van der Waals surface area (Å²) in [5.41, 5.74) is 1.98. The SMILES string of the molecule is Cc1c(CNC2CC=CCC2)cccc1[N+](=O)[O-]. The summed E-state index contributed by atoms with van der Waals surface area (Å²) in [6, 6.07) is 5.76. The number of nitrogens with zero attached hydrogens (tertiary/aromatic N) is 1. The van der Waals surface area contributed by atoms with Crippen molar-refractivity contribution in [3.8, 4) is 0 Å². The Morgan fingerprint density at radius 3 is 2.94 bits per heavy atom. The highest BCUT2D eigenvalue weighted by Gasteiger charge is 2.14. The van der Waals surface area contributed by atoms with E-state index in [-0.39, 0.29) is 10.6 Å². The van der Waals surface area contributed by atoms with Gasteiger partial charge in [0.1, 0.15) is 0 Å². The van der Waals surface area contributed by atoms with Crippen LogP contribution in [0.1, 0.15) is 30.4 Å². The smallest absolute Gasteiger partial charge is 0.272 e. The van der Waals surface area contributed by atoms with Gasteiger partial charge in [-0.15, -0.1) is 0 Å². The van der Waals surface area contributed by atoms with E-state index in [0.29, 0.717) is 12.6 Å². The van der Waals surface area contributed by atoms with Crippen molar-refractivity contribution in [1.82, 2.24) is 5.32 Å². The third kappa shape index (κ3) is 2.96. The van der Waals surface area contributed by atoms with Gasteiger partial charge >= 0.3 is 0 Å². The summed E-state index contributed by atoms with van der Waals surface area (Å²) in [4.78, 5) is 10.5. The molecule has 1 aromatic carbocycles. The van der Waals surface area contributed by atoms with Crippen molar-refractivity contribution < 1.29 is 4.92 Å². The molecule has 0 saturated heterocycles. The molecule has 1 atom stereocenters. The van der Waals surface area contributed by atoms with Crippen molar-refractivity contribution in [2.45, 2.75) is 38.8 Å². The van der Waals surface area contributed by atoms with Gasteiger partial charge in [0, 0.05) is 24.2 Å². The first-order valence-electron chi connectivity index (χ1n) is 6.29. The minimum absolute atomic E-state index is 0.206. The molecule has 1 aliphatic rings. The zero-order chi connectivity index (χ0) is 13.0. The van der Waals surface area contributed by atoms with Crippen LogP contribution in [0.4, 0.5) is 5.69 Å². The van der Waals surface area contributed by atoms with Crippen molar-refractivity contribution in [2.75, 3.05) is 0 Å². The van der Waals surface area contributed by atoms with Gasteiger partial charge in [0.25, 0.3) is 5.69 Å². The minimum atomic E-state index is -0.317. The van der Waals surface area contributed by atoms with E-state index in [1.54, 1.807) is 12.1 Å². The number of nitro benzene ring substituents is 1. The van der Waals surface area contributed by atoms with Gasteiger partial charge in [-0.05, 0) is 31.7 Å². The zero-order valence-corrected chi connectivity index (χ0v) is 10.6. The van der Waals surface area contributed by atoms with Gasteiger partial charge < -0.3 is 5.32 Å². The van der Waals surface area contributed by atoms with Gasteiger partial charge in [-0.1, -0.05) is 24.3 Å². The van der Waals surface area contributed by atoms with Gasteiger partial charge in [0.2, 0.25) is 0 Å². The standard InChI is InChI=1S/C14H18N2O2/c1-11-12(6-5-9-14(11)16(17)18)10-15-13-7-3-2-4-8-13/h2-3,5-6,9,13,15H,4,7-8,10H2,1H3. The number of hydrogen-bond acceptors (Lipinski definition) is 3. The Kier molecular flexibility index (Phi) is 4.10. The molecule has 96 valence electrons. The van der Waals surface area contributed by atoms with Gasteiger partial charge in [-0.2, -0.15) is 0 Å². The van der Waals surface area contributed by atoms with Crippen LogP contribution in [-0.4, -0.2) is 11.0 Å². The third-order valence-electron chi connectivity index (χ3n) is 3.46. The van der Waals surface area contributed by atoms with Crippen LogP contribution in [0, 0.1) is 17.0 Å². The fourth-order valence-electron chi connectivity index (χ4n) is 2.29. The Morgan fingerprint density at radius 1 is 1.44 bits per heavy atom. The molecule has 0 bridgehead atoms. The predicted molar refractivity (Wildman–Crippen MR) is 71.5 cm³/mol. The van der Waals surface area contributed by atoms with Gasteiger partial charge in [0.05, 0.1) is 4.92 Å². The fraction of sp³-hybridized carbons (Fsp3) is 0.429. The van der Waals surface area contributed by atoms with Crippen molar-refractivity contribution >= 4 is 5.69 Å². The van der Waals surface area contributed by atoms with Crippen LogP contribution in [0.15, 0.2) is 30.4 Å². The van der Waals surface area contributed by atoms with E-state index in [2.05, 4.69) is 17.5 Å². The molecule has 0 fully saturated rings. The highest BCUT2D eigenvalue weighted by atomic mass is 16.6.